The first-order valence-corrected chi connectivity index (χ1v) is 11.7. The molecule has 34 heavy (non-hydrogen) atoms. The first-order chi connectivity index (χ1) is 16.3. The van der Waals surface area contributed by atoms with Gasteiger partial charge in [-0.15, -0.1) is 29.5 Å². The zero-order valence-corrected chi connectivity index (χ0v) is 21.6. The molecule has 6 rings (SSSR count). The summed E-state index contributed by atoms with van der Waals surface area (Å²) in [4.78, 5) is 9.59. The van der Waals surface area contributed by atoms with Crippen molar-refractivity contribution in [1.82, 2.24) is 14.5 Å². The zero-order valence-electron chi connectivity index (χ0n) is 18.4. The summed E-state index contributed by atoms with van der Waals surface area (Å²) in [6.45, 7) is 2.04. The molecule has 0 unspecified atom stereocenters. The maximum atomic E-state index is 4.80. The van der Waals surface area contributed by atoms with Crippen molar-refractivity contribution in [3.05, 3.63) is 114 Å². The van der Waals surface area contributed by atoms with Crippen molar-refractivity contribution < 1.29 is 20.1 Å². The second-order valence-electron chi connectivity index (χ2n) is 7.85. The minimum absolute atomic E-state index is 0. The molecule has 0 saturated heterocycles. The van der Waals surface area contributed by atoms with Gasteiger partial charge in [0, 0.05) is 49.1 Å². The van der Waals surface area contributed by atoms with E-state index in [1.54, 1.807) is 11.3 Å². The van der Waals surface area contributed by atoms with Crippen LogP contribution in [0, 0.1) is 13.0 Å². The average Bonchev–Trinajstić information content (AvgIpc) is 3.50. The quantitative estimate of drug-likeness (QED) is 0.187. The summed E-state index contributed by atoms with van der Waals surface area (Å²) in [5, 5.41) is 1.04. The van der Waals surface area contributed by atoms with Gasteiger partial charge in [-0.25, -0.2) is 0 Å². The molecule has 0 spiro atoms. The predicted molar refractivity (Wildman–Crippen MR) is 137 cm³/mol. The molecule has 0 aliphatic rings. The molecule has 0 amide bonds. The molecule has 167 valence electrons. The molecule has 0 N–H and O–H groups in total. The van der Waals surface area contributed by atoms with Crippen LogP contribution >= 0.6 is 11.3 Å². The van der Waals surface area contributed by atoms with Gasteiger partial charge < -0.3 is 4.57 Å². The zero-order chi connectivity index (χ0) is 22.2. The van der Waals surface area contributed by atoms with Crippen molar-refractivity contribution in [2.24, 2.45) is 0 Å². The van der Waals surface area contributed by atoms with Gasteiger partial charge >= 0.3 is 0 Å². The molecular weight excluding hydrogens is 615 g/mol. The van der Waals surface area contributed by atoms with Gasteiger partial charge in [0.2, 0.25) is 0 Å². The van der Waals surface area contributed by atoms with Crippen LogP contribution in [0.1, 0.15) is 5.01 Å². The first-order valence-electron chi connectivity index (χ1n) is 10.9. The van der Waals surface area contributed by atoms with Gasteiger partial charge in [-0.05, 0) is 22.8 Å². The van der Waals surface area contributed by atoms with E-state index in [1.165, 1.54) is 0 Å². The van der Waals surface area contributed by atoms with E-state index in [4.69, 9.17) is 9.97 Å². The molecular formula is C29H20IrN3S-. The van der Waals surface area contributed by atoms with Crippen LogP contribution in [0.25, 0.3) is 49.5 Å². The van der Waals surface area contributed by atoms with Crippen molar-refractivity contribution in [3.8, 4) is 39.3 Å². The Labute approximate surface area is 216 Å². The molecule has 0 fully saturated rings. The van der Waals surface area contributed by atoms with E-state index >= 15 is 0 Å². The SMILES string of the molecule is Cc1nc2c(-c3nccn3-c3c(-c4ccccc4)cccc3-c3ccccc3)[c-]ccc2s1.[Ir]. The fourth-order valence-corrected chi connectivity index (χ4v) is 5.18. The van der Waals surface area contributed by atoms with Crippen molar-refractivity contribution >= 4 is 21.6 Å². The monoisotopic (exact) mass is 635 g/mol. The number of thiazole rings is 1. The molecule has 0 aliphatic heterocycles. The molecule has 0 bridgehead atoms. The van der Waals surface area contributed by atoms with Gasteiger partial charge in [0.05, 0.1) is 16.5 Å². The van der Waals surface area contributed by atoms with Crippen molar-refractivity contribution in [1.29, 1.82) is 0 Å². The van der Waals surface area contributed by atoms with Crippen LogP contribution in [0.5, 0.6) is 0 Å². The number of nitrogens with zero attached hydrogens (tertiary/aromatic N) is 3. The molecule has 0 saturated carbocycles. The summed E-state index contributed by atoms with van der Waals surface area (Å²) in [7, 11) is 0. The Morgan fingerprint density at radius 3 is 2.09 bits per heavy atom. The Morgan fingerprint density at radius 1 is 0.794 bits per heavy atom. The van der Waals surface area contributed by atoms with Crippen molar-refractivity contribution in [2.45, 2.75) is 6.92 Å². The van der Waals surface area contributed by atoms with Crippen LogP contribution in [-0.2, 0) is 20.1 Å². The number of para-hydroxylation sites is 1. The summed E-state index contributed by atoms with van der Waals surface area (Å²) in [5.41, 5.74) is 7.60. The normalized spacial score (nSPS) is 10.9. The molecule has 0 atom stereocenters. The van der Waals surface area contributed by atoms with E-state index in [1.807, 2.05) is 37.5 Å². The minimum atomic E-state index is 0. The summed E-state index contributed by atoms with van der Waals surface area (Å²) in [6.07, 6.45) is 3.90. The average molecular weight is 635 g/mol. The van der Waals surface area contributed by atoms with Crippen LogP contribution in [0.2, 0.25) is 0 Å². The molecule has 1 radical (unpaired) electrons. The van der Waals surface area contributed by atoms with Crippen molar-refractivity contribution in [2.75, 3.05) is 0 Å². The molecule has 5 heteroatoms. The predicted octanol–water partition coefficient (Wildman–Crippen LogP) is 7.59. The van der Waals surface area contributed by atoms with Crippen LogP contribution in [0.4, 0.5) is 0 Å². The third-order valence-electron chi connectivity index (χ3n) is 5.77. The largest absolute Gasteiger partial charge is 0.339 e. The Hall–Kier alpha value is -3.37. The number of benzene rings is 4. The maximum Gasteiger partial charge on any atom is 0.0779 e. The maximum absolute atomic E-state index is 4.80. The Bertz CT molecular complexity index is 1510. The smallest absolute Gasteiger partial charge is 0.0779 e. The van der Waals surface area contributed by atoms with E-state index in [9.17, 15) is 0 Å². The third-order valence-corrected chi connectivity index (χ3v) is 6.71. The van der Waals surface area contributed by atoms with E-state index in [0.29, 0.717) is 0 Å². The van der Waals surface area contributed by atoms with Gasteiger partial charge in [0.25, 0.3) is 0 Å². The number of aromatic nitrogens is 3. The molecule has 4 aromatic carbocycles. The minimum Gasteiger partial charge on any atom is -0.339 e. The fourth-order valence-electron chi connectivity index (χ4n) is 4.35. The number of hydrogen-bond donors (Lipinski definition) is 0. The molecule has 2 heterocycles. The number of imidazole rings is 1. The molecule has 0 aliphatic carbocycles. The number of hydrogen-bond acceptors (Lipinski definition) is 3. The van der Waals surface area contributed by atoms with E-state index in [-0.39, 0.29) is 20.1 Å². The first kappa shape index (κ1) is 22.4. The van der Waals surface area contributed by atoms with Gasteiger partial charge in [0.1, 0.15) is 0 Å². The summed E-state index contributed by atoms with van der Waals surface area (Å²) in [6, 6.07) is 35.0. The molecule has 3 nitrogen and oxygen atoms in total. The van der Waals surface area contributed by atoms with Crippen molar-refractivity contribution in [3.63, 3.8) is 0 Å². The van der Waals surface area contributed by atoms with Gasteiger partial charge in [-0.2, -0.15) is 0 Å². The van der Waals surface area contributed by atoms with Gasteiger partial charge in [0.15, 0.2) is 0 Å². The third kappa shape index (κ3) is 3.92. The van der Waals surface area contributed by atoms with E-state index < -0.39 is 0 Å². The molecule has 6 aromatic rings. The molecule has 2 aromatic heterocycles. The Morgan fingerprint density at radius 2 is 1.44 bits per heavy atom. The van der Waals surface area contributed by atoms with Crippen LogP contribution in [0.3, 0.4) is 0 Å². The number of aryl methyl sites for hydroxylation is 1. The topological polar surface area (TPSA) is 30.7 Å². The van der Waals surface area contributed by atoms with Crippen LogP contribution in [-0.4, -0.2) is 14.5 Å². The second kappa shape index (κ2) is 9.47. The van der Waals surface area contributed by atoms with Gasteiger partial charge in [-0.1, -0.05) is 84.4 Å². The van der Waals surface area contributed by atoms with Crippen LogP contribution < -0.4 is 0 Å². The van der Waals surface area contributed by atoms with E-state index in [2.05, 4.69) is 83.4 Å². The standard InChI is InChI=1S/C29H20N3S.Ir/c1-20-31-27-25(16-9-17-26(27)33-20)29-30-18-19-32(29)28-23(21-10-4-2-5-11-21)14-8-15-24(28)22-12-6-3-7-13-22;/h2-15,17-19H,1H3;/q-1;. The second-order valence-corrected chi connectivity index (χ2v) is 9.09. The van der Waals surface area contributed by atoms with Gasteiger partial charge in [-0.3, -0.25) is 9.97 Å². The fraction of sp³-hybridized carbons (Fsp3) is 0.0345. The van der Waals surface area contributed by atoms with E-state index in [0.717, 1.165) is 54.6 Å². The van der Waals surface area contributed by atoms with Crippen LogP contribution in [0.15, 0.2) is 103 Å². The summed E-state index contributed by atoms with van der Waals surface area (Å²) >= 11 is 1.70. The number of fused-ring (bicyclic) bond motifs is 1. The Kier molecular flexibility index (Phi) is 6.25. The number of rotatable bonds is 4. The summed E-state index contributed by atoms with van der Waals surface area (Å²) < 4.78 is 3.33. The summed E-state index contributed by atoms with van der Waals surface area (Å²) in [5.74, 6) is 0.839. The Balaban J connectivity index is 0.00000241.